The SMILES string of the molecule is O=C(/C=C/c1c(Cl)nc2sccn12)Nc1ccc(C(=O)N2CCCC2)cc1. The Labute approximate surface area is 165 Å². The molecule has 1 N–H and O–H groups in total. The van der Waals surface area contributed by atoms with E-state index in [1.54, 1.807) is 30.3 Å². The smallest absolute Gasteiger partial charge is 0.253 e. The van der Waals surface area contributed by atoms with E-state index in [1.165, 1.54) is 17.4 Å². The fourth-order valence-corrected chi connectivity index (χ4v) is 4.07. The summed E-state index contributed by atoms with van der Waals surface area (Å²) in [5.74, 6) is -0.240. The predicted octanol–water partition coefficient (Wildman–Crippen LogP) is 3.94. The number of likely N-dealkylation sites (tertiary alicyclic amines) is 1. The average Bonchev–Trinajstić information content (AvgIpc) is 3.38. The summed E-state index contributed by atoms with van der Waals surface area (Å²) in [5, 5.41) is 5.04. The quantitative estimate of drug-likeness (QED) is 0.674. The molecule has 2 amide bonds. The lowest BCUT2D eigenvalue weighted by Crippen LogP contribution is -2.27. The highest BCUT2D eigenvalue weighted by molar-refractivity contribution is 7.15. The van der Waals surface area contributed by atoms with Crippen LogP contribution in [0.15, 0.2) is 41.9 Å². The van der Waals surface area contributed by atoms with Crippen LogP contribution in [0.3, 0.4) is 0 Å². The molecular weight excluding hydrogens is 384 g/mol. The first-order valence-corrected chi connectivity index (χ1v) is 9.87. The summed E-state index contributed by atoms with van der Waals surface area (Å²) in [7, 11) is 0. The Morgan fingerprint density at radius 3 is 2.67 bits per heavy atom. The van der Waals surface area contributed by atoms with Gasteiger partial charge < -0.3 is 10.2 Å². The standard InChI is InChI=1S/C19H17ClN4O2S/c20-17-15(24-11-12-27-19(24)22-17)7-8-16(25)21-14-5-3-13(4-6-14)18(26)23-9-1-2-10-23/h3-8,11-12H,1-2,9-10H2,(H,21,25)/b8-7+. The van der Waals surface area contributed by atoms with Gasteiger partial charge in [-0.05, 0) is 43.2 Å². The molecule has 27 heavy (non-hydrogen) atoms. The third-order valence-corrected chi connectivity index (χ3v) is 5.47. The number of fused-ring (bicyclic) bond motifs is 1. The van der Waals surface area contributed by atoms with Gasteiger partial charge >= 0.3 is 0 Å². The molecule has 6 nitrogen and oxygen atoms in total. The molecule has 0 saturated carbocycles. The zero-order valence-corrected chi connectivity index (χ0v) is 16.0. The Kier molecular flexibility index (Phi) is 4.96. The van der Waals surface area contributed by atoms with E-state index in [4.69, 9.17) is 11.6 Å². The topological polar surface area (TPSA) is 66.7 Å². The van der Waals surface area contributed by atoms with E-state index >= 15 is 0 Å². The van der Waals surface area contributed by atoms with E-state index in [0.717, 1.165) is 30.9 Å². The summed E-state index contributed by atoms with van der Waals surface area (Å²) >= 11 is 7.58. The second-order valence-electron chi connectivity index (χ2n) is 6.24. The second kappa shape index (κ2) is 7.54. The molecule has 3 heterocycles. The molecule has 0 bridgehead atoms. The van der Waals surface area contributed by atoms with Gasteiger partial charge in [0.1, 0.15) is 0 Å². The molecule has 0 aliphatic carbocycles. The molecule has 2 aromatic heterocycles. The highest BCUT2D eigenvalue weighted by Gasteiger charge is 2.19. The fourth-order valence-electron chi connectivity index (χ4n) is 3.06. The molecule has 0 atom stereocenters. The second-order valence-corrected chi connectivity index (χ2v) is 7.47. The number of halogens is 1. The van der Waals surface area contributed by atoms with Crippen LogP contribution in [0.1, 0.15) is 28.9 Å². The molecule has 0 unspecified atom stereocenters. The van der Waals surface area contributed by atoms with Crippen molar-refractivity contribution in [3.05, 3.63) is 58.3 Å². The molecule has 3 aromatic rings. The minimum absolute atomic E-state index is 0.0421. The van der Waals surface area contributed by atoms with E-state index in [9.17, 15) is 9.59 Å². The van der Waals surface area contributed by atoms with Crippen LogP contribution in [0.4, 0.5) is 5.69 Å². The van der Waals surface area contributed by atoms with Crippen molar-refractivity contribution in [2.75, 3.05) is 18.4 Å². The number of hydrogen-bond donors (Lipinski definition) is 1. The molecular formula is C19H17ClN4O2S. The Morgan fingerprint density at radius 2 is 1.93 bits per heavy atom. The zero-order chi connectivity index (χ0) is 18.8. The van der Waals surface area contributed by atoms with Crippen molar-refractivity contribution < 1.29 is 9.59 Å². The third-order valence-electron chi connectivity index (χ3n) is 4.44. The van der Waals surface area contributed by atoms with Crippen molar-refractivity contribution in [1.82, 2.24) is 14.3 Å². The van der Waals surface area contributed by atoms with Gasteiger partial charge in [-0.25, -0.2) is 4.98 Å². The molecule has 1 aliphatic heterocycles. The Hall–Kier alpha value is -2.64. The molecule has 0 spiro atoms. The number of hydrogen-bond acceptors (Lipinski definition) is 4. The van der Waals surface area contributed by atoms with Crippen molar-refractivity contribution in [1.29, 1.82) is 0 Å². The lowest BCUT2D eigenvalue weighted by atomic mass is 10.2. The van der Waals surface area contributed by atoms with Gasteiger partial charge in [-0.1, -0.05) is 11.6 Å². The molecule has 8 heteroatoms. The van der Waals surface area contributed by atoms with Crippen molar-refractivity contribution in [2.24, 2.45) is 0 Å². The number of amides is 2. The molecule has 1 aromatic carbocycles. The average molecular weight is 401 g/mol. The molecule has 1 aliphatic rings. The summed E-state index contributed by atoms with van der Waals surface area (Å²) < 4.78 is 1.83. The number of nitrogens with zero attached hydrogens (tertiary/aromatic N) is 3. The van der Waals surface area contributed by atoms with Gasteiger partial charge in [-0.15, -0.1) is 11.3 Å². The summed E-state index contributed by atoms with van der Waals surface area (Å²) in [6, 6.07) is 6.95. The van der Waals surface area contributed by atoms with Crippen LogP contribution < -0.4 is 5.32 Å². The zero-order valence-electron chi connectivity index (χ0n) is 14.4. The van der Waals surface area contributed by atoms with E-state index in [2.05, 4.69) is 10.3 Å². The molecule has 0 radical (unpaired) electrons. The summed E-state index contributed by atoms with van der Waals surface area (Å²) in [5.41, 5.74) is 1.92. The van der Waals surface area contributed by atoms with Crippen molar-refractivity contribution in [3.8, 4) is 0 Å². The van der Waals surface area contributed by atoms with Crippen molar-refractivity contribution in [3.63, 3.8) is 0 Å². The first kappa shape index (κ1) is 17.8. The monoisotopic (exact) mass is 400 g/mol. The summed E-state index contributed by atoms with van der Waals surface area (Å²) in [6.45, 7) is 1.63. The number of anilines is 1. The third kappa shape index (κ3) is 3.74. The number of aromatic nitrogens is 2. The van der Waals surface area contributed by atoms with Gasteiger partial charge in [0.15, 0.2) is 10.1 Å². The largest absolute Gasteiger partial charge is 0.339 e. The van der Waals surface area contributed by atoms with Crippen LogP contribution in [0.25, 0.3) is 11.0 Å². The van der Waals surface area contributed by atoms with E-state index in [1.807, 2.05) is 20.9 Å². The number of thiazole rings is 1. The van der Waals surface area contributed by atoms with Gasteiger partial charge in [0.2, 0.25) is 5.91 Å². The Morgan fingerprint density at radius 1 is 1.19 bits per heavy atom. The van der Waals surface area contributed by atoms with Crippen molar-refractivity contribution in [2.45, 2.75) is 12.8 Å². The van der Waals surface area contributed by atoms with Gasteiger partial charge in [0.05, 0.1) is 5.69 Å². The summed E-state index contributed by atoms with van der Waals surface area (Å²) in [6.07, 6.45) is 7.02. The molecule has 4 rings (SSSR count). The molecule has 1 saturated heterocycles. The number of imidazole rings is 1. The maximum absolute atomic E-state index is 12.3. The van der Waals surface area contributed by atoms with Crippen LogP contribution >= 0.6 is 22.9 Å². The van der Waals surface area contributed by atoms with Gasteiger partial charge in [-0.2, -0.15) is 0 Å². The number of rotatable bonds is 4. The van der Waals surface area contributed by atoms with Gasteiger partial charge in [0, 0.05) is 42.0 Å². The number of carbonyl (C=O) groups is 2. The lowest BCUT2D eigenvalue weighted by Gasteiger charge is -2.15. The Balaban J connectivity index is 1.41. The van der Waals surface area contributed by atoms with E-state index in [0.29, 0.717) is 22.1 Å². The fraction of sp³-hybridized carbons (Fsp3) is 0.211. The van der Waals surface area contributed by atoms with Crippen LogP contribution in [0.5, 0.6) is 0 Å². The minimum Gasteiger partial charge on any atom is -0.339 e. The van der Waals surface area contributed by atoms with E-state index < -0.39 is 0 Å². The first-order valence-electron chi connectivity index (χ1n) is 8.61. The van der Waals surface area contributed by atoms with Crippen molar-refractivity contribution >= 4 is 51.5 Å². The highest BCUT2D eigenvalue weighted by Crippen LogP contribution is 2.22. The normalized spacial score (nSPS) is 14.3. The molecule has 1 fully saturated rings. The number of benzene rings is 1. The lowest BCUT2D eigenvalue weighted by molar-refractivity contribution is -0.111. The van der Waals surface area contributed by atoms with Gasteiger partial charge in [0.25, 0.3) is 5.91 Å². The number of carbonyl (C=O) groups excluding carboxylic acids is 2. The van der Waals surface area contributed by atoms with Crippen LogP contribution in [-0.4, -0.2) is 39.2 Å². The Bertz CT molecular complexity index is 1020. The van der Waals surface area contributed by atoms with Crippen LogP contribution in [0.2, 0.25) is 5.15 Å². The highest BCUT2D eigenvalue weighted by atomic mass is 35.5. The maximum Gasteiger partial charge on any atom is 0.253 e. The maximum atomic E-state index is 12.3. The van der Waals surface area contributed by atoms with E-state index in [-0.39, 0.29) is 11.8 Å². The predicted molar refractivity (Wildman–Crippen MR) is 107 cm³/mol. The first-order chi connectivity index (χ1) is 13.1. The van der Waals surface area contributed by atoms with Crippen LogP contribution in [0, 0.1) is 0 Å². The minimum atomic E-state index is -0.283. The van der Waals surface area contributed by atoms with Crippen LogP contribution in [-0.2, 0) is 4.79 Å². The number of nitrogens with one attached hydrogen (secondary N) is 1. The van der Waals surface area contributed by atoms with Gasteiger partial charge in [-0.3, -0.25) is 14.0 Å². The summed E-state index contributed by atoms with van der Waals surface area (Å²) in [4.78, 5) is 31.4. The molecule has 138 valence electrons.